The molecule has 0 spiro atoms. The average Bonchev–Trinajstić information content (AvgIpc) is 2.17. The zero-order valence-electron chi connectivity index (χ0n) is 8.84. The highest BCUT2D eigenvalue weighted by Crippen LogP contribution is 2.42. The molecule has 0 aromatic carbocycles. The Balaban J connectivity index is 4.39. The first-order valence-corrected chi connectivity index (χ1v) is 6.43. The van der Waals surface area contributed by atoms with Crippen LogP contribution in [0.2, 0.25) is 0 Å². The number of rotatable bonds is 6. The maximum atomic E-state index is 11.4. The highest BCUT2D eigenvalue weighted by molar-refractivity contribution is 7.58. The van der Waals surface area contributed by atoms with Gasteiger partial charge in [-0.3, -0.25) is 14.7 Å². The Hall–Kier alpha value is -0.940. The van der Waals surface area contributed by atoms with Gasteiger partial charge in [0.25, 0.3) is 0 Å². The molecule has 15 heavy (non-hydrogen) atoms. The molecule has 0 aromatic heterocycles. The van der Waals surface area contributed by atoms with E-state index in [2.05, 4.69) is 9.26 Å². The molecule has 2 atom stereocenters. The van der Waals surface area contributed by atoms with Crippen molar-refractivity contribution in [1.29, 1.82) is 0 Å². The van der Waals surface area contributed by atoms with Gasteiger partial charge in [0.15, 0.2) is 7.37 Å². The predicted octanol–water partition coefficient (Wildman–Crippen LogP) is 0.749. The maximum absolute atomic E-state index is 11.4. The summed E-state index contributed by atoms with van der Waals surface area (Å²) >= 11 is 0. The van der Waals surface area contributed by atoms with Crippen molar-refractivity contribution in [1.82, 2.24) is 0 Å². The summed E-state index contributed by atoms with van der Waals surface area (Å²) in [6.45, 7) is 1.36. The van der Waals surface area contributed by atoms with Gasteiger partial charge in [-0.25, -0.2) is 4.79 Å². The Kier molecular flexibility index (Phi) is 5.46. The average molecular weight is 239 g/mol. The summed E-state index contributed by atoms with van der Waals surface area (Å²) in [7, 11) is -0.495. The number of methoxy groups -OCH3 is 1. The van der Waals surface area contributed by atoms with Crippen LogP contribution in [0, 0.1) is 10.1 Å². The van der Waals surface area contributed by atoms with Gasteiger partial charge in [-0.1, -0.05) is 0 Å². The Morgan fingerprint density at radius 1 is 1.53 bits per heavy atom. The second kappa shape index (κ2) is 5.82. The third kappa shape index (κ3) is 4.90. The summed E-state index contributed by atoms with van der Waals surface area (Å²) in [6, 6.07) is -1.47. The van der Waals surface area contributed by atoms with Gasteiger partial charge in [0.2, 0.25) is 0 Å². The summed E-state index contributed by atoms with van der Waals surface area (Å²) in [4.78, 5) is 20.7. The molecule has 0 rings (SSSR count). The minimum Gasteiger partial charge on any atom is -0.464 e. The fourth-order valence-corrected chi connectivity index (χ4v) is 1.79. The van der Waals surface area contributed by atoms with Crippen LogP contribution in [-0.4, -0.2) is 44.0 Å². The van der Waals surface area contributed by atoms with E-state index < -0.39 is 24.3 Å². The molecule has 7 nitrogen and oxygen atoms in total. The number of nitrogens with zero attached hydrogens (tertiary/aromatic N) is 1. The number of hydrogen-bond donors (Lipinski definition) is 0. The van der Waals surface area contributed by atoms with E-state index in [0.29, 0.717) is 0 Å². The third-order valence-electron chi connectivity index (χ3n) is 1.92. The molecule has 0 N–H and O–H groups in total. The van der Waals surface area contributed by atoms with Crippen molar-refractivity contribution in [3.05, 3.63) is 10.1 Å². The van der Waals surface area contributed by atoms with Crippen LogP contribution in [0.1, 0.15) is 6.42 Å². The van der Waals surface area contributed by atoms with Crippen LogP contribution >= 0.6 is 7.37 Å². The fraction of sp³-hybridized carbons (Fsp3) is 0.857. The Morgan fingerprint density at radius 3 is 2.40 bits per heavy atom. The van der Waals surface area contributed by atoms with Crippen molar-refractivity contribution in [2.75, 3.05) is 27.0 Å². The van der Waals surface area contributed by atoms with Gasteiger partial charge >= 0.3 is 12.0 Å². The van der Waals surface area contributed by atoms with Gasteiger partial charge < -0.3 is 9.26 Å². The standard InChI is InChI=1S/C7H14NO6P/c1-13-7(9)6(8(10)11)4-5-15(3,12)14-2/h6H,4-5H2,1-3H3. The van der Waals surface area contributed by atoms with Gasteiger partial charge in [-0.2, -0.15) is 0 Å². The summed E-state index contributed by atoms with van der Waals surface area (Å²) in [5.74, 6) is -0.934. The SMILES string of the molecule is COC(=O)C(CCP(C)(=O)OC)[N+](=O)[O-]. The predicted molar refractivity (Wildman–Crippen MR) is 52.8 cm³/mol. The molecule has 8 heteroatoms. The second-order valence-corrected chi connectivity index (χ2v) is 5.87. The summed E-state index contributed by atoms with van der Waals surface area (Å²) < 4.78 is 20.3. The lowest BCUT2D eigenvalue weighted by molar-refractivity contribution is -0.510. The smallest absolute Gasteiger partial charge is 0.381 e. The molecule has 0 fully saturated rings. The molecule has 0 heterocycles. The molecule has 0 saturated heterocycles. The van der Waals surface area contributed by atoms with Crippen molar-refractivity contribution < 1.29 is 23.5 Å². The quantitative estimate of drug-likeness (QED) is 0.293. The number of carbonyl (C=O) groups is 1. The second-order valence-electron chi connectivity index (χ2n) is 3.03. The zero-order chi connectivity index (χ0) is 12.1. The largest absolute Gasteiger partial charge is 0.464 e. The normalized spacial score (nSPS) is 16.5. The molecule has 0 bridgehead atoms. The minimum atomic E-state index is -2.83. The van der Waals surface area contributed by atoms with Crippen LogP contribution in [0.25, 0.3) is 0 Å². The first-order chi connectivity index (χ1) is 6.84. The van der Waals surface area contributed by atoms with Crippen molar-refractivity contribution >= 4 is 13.3 Å². The molecule has 2 unspecified atom stereocenters. The van der Waals surface area contributed by atoms with Crippen LogP contribution in [0.4, 0.5) is 0 Å². The summed E-state index contributed by atoms with van der Waals surface area (Å²) in [5.41, 5.74) is 0. The zero-order valence-corrected chi connectivity index (χ0v) is 9.73. The molecular weight excluding hydrogens is 225 g/mol. The third-order valence-corrected chi connectivity index (χ3v) is 3.77. The van der Waals surface area contributed by atoms with E-state index in [1.807, 2.05) is 0 Å². The Labute approximate surface area is 87.3 Å². The first kappa shape index (κ1) is 14.1. The van der Waals surface area contributed by atoms with Crippen molar-refractivity contribution in [2.45, 2.75) is 12.5 Å². The number of hydrogen-bond acceptors (Lipinski definition) is 6. The van der Waals surface area contributed by atoms with Crippen LogP contribution in [0.15, 0.2) is 0 Å². The van der Waals surface area contributed by atoms with Gasteiger partial charge in [0, 0.05) is 31.3 Å². The van der Waals surface area contributed by atoms with Crippen molar-refractivity contribution in [3.63, 3.8) is 0 Å². The van der Waals surface area contributed by atoms with Gasteiger partial charge in [0.05, 0.1) is 7.11 Å². The van der Waals surface area contributed by atoms with E-state index >= 15 is 0 Å². The molecule has 0 aromatic rings. The van der Waals surface area contributed by atoms with Crippen molar-refractivity contribution in [2.24, 2.45) is 0 Å². The number of nitro groups is 1. The van der Waals surface area contributed by atoms with Crippen LogP contribution < -0.4 is 0 Å². The van der Waals surface area contributed by atoms with E-state index in [-0.39, 0.29) is 12.6 Å². The van der Waals surface area contributed by atoms with E-state index in [1.165, 1.54) is 13.8 Å². The van der Waals surface area contributed by atoms with Gasteiger partial charge in [-0.05, 0) is 0 Å². The monoisotopic (exact) mass is 239 g/mol. The fourth-order valence-electron chi connectivity index (χ4n) is 0.893. The maximum Gasteiger partial charge on any atom is 0.381 e. The van der Waals surface area contributed by atoms with Gasteiger partial charge in [-0.15, -0.1) is 0 Å². The van der Waals surface area contributed by atoms with Crippen LogP contribution in [0.5, 0.6) is 0 Å². The Morgan fingerprint density at radius 2 is 2.07 bits per heavy atom. The van der Waals surface area contributed by atoms with Crippen molar-refractivity contribution in [3.8, 4) is 0 Å². The lowest BCUT2D eigenvalue weighted by Crippen LogP contribution is -2.31. The van der Waals surface area contributed by atoms with Crippen LogP contribution in [0.3, 0.4) is 0 Å². The minimum absolute atomic E-state index is 0.0236. The molecule has 88 valence electrons. The van der Waals surface area contributed by atoms with E-state index in [1.54, 1.807) is 0 Å². The van der Waals surface area contributed by atoms with E-state index in [9.17, 15) is 19.5 Å². The highest BCUT2D eigenvalue weighted by atomic mass is 31.2. The number of carbonyl (C=O) groups excluding carboxylic acids is 1. The Bertz CT molecular complexity index is 291. The molecular formula is C7H14NO6P. The lowest BCUT2D eigenvalue weighted by Gasteiger charge is -2.11. The van der Waals surface area contributed by atoms with E-state index in [4.69, 9.17) is 0 Å². The van der Waals surface area contributed by atoms with E-state index in [0.717, 1.165) is 7.11 Å². The molecule has 0 aliphatic heterocycles. The molecule has 0 amide bonds. The molecule has 0 aliphatic rings. The topological polar surface area (TPSA) is 95.7 Å². The first-order valence-electron chi connectivity index (χ1n) is 4.17. The summed E-state index contributed by atoms with van der Waals surface area (Å²) in [5, 5.41) is 10.5. The molecule has 0 radical (unpaired) electrons. The summed E-state index contributed by atoms with van der Waals surface area (Å²) in [6.07, 6.45) is -0.175. The number of esters is 1. The highest BCUT2D eigenvalue weighted by Gasteiger charge is 2.32. The molecule has 0 saturated carbocycles. The lowest BCUT2D eigenvalue weighted by atomic mass is 10.2. The van der Waals surface area contributed by atoms with Gasteiger partial charge in [0.1, 0.15) is 0 Å². The number of ether oxygens (including phenoxy) is 1. The van der Waals surface area contributed by atoms with Crippen LogP contribution in [-0.2, 0) is 18.6 Å². The molecule has 0 aliphatic carbocycles.